The van der Waals surface area contributed by atoms with Gasteiger partial charge in [-0.15, -0.1) is 0 Å². The van der Waals surface area contributed by atoms with E-state index in [1.807, 2.05) is 13.8 Å². The van der Waals surface area contributed by atoms with Crippen LogP contribution >= 0.6 is 0 Å². The molecule has 0 aliphatic heterocycles. The van der Waals surface area contributed by atoms with Gasteiger partial charge in [0.05, 0.1) is 24.9 Å². The molecule has 0 N–H and O–H groups in total. The molecule has 2 unspecified atom stereocenters. The highest BCUT2D eigenvalue weighted by Gasteiger charge is 2.56. The van der Waals surface area contributed by atoms with E-state index in [4.69, 9.17) is 9.47 Å². The average molecular weight is 368 g/mol. The summed E-state index contributed by atoms with van der Waals surface area (Å²) in [5.41, 5.74) is -0.445. The second kappa shape index (κ2) is 7.15. The quantitative estimate of drug-likeness (QED) is 0.585. The summed E-state index contributed by atoms with van der Waals surface area (Å²) in [4.78, 5) is 24.7. The van der Waals surface area contributed by atoms with Crippen LogP contribution in [0.2, 0.25) is 0 Å². The maximum atomic E-state index is 12.7. The highest BCUT2D eigenvalue weighted by molar-refractivity contribution is 7.91. The number of ether oxygens (including phenoxy) is 2. The monoisotopic (exact) mass is 368 g/mol. The Balaban J connectivity index is 2.27. The molecule has 1 aliphatic rings. The SMILES string of the molecule is COC(=O)C1(C(=O)OC)CC(C)C(CS(=O)(=O)c2ccc(C)cc2)C1. The van der Waals surface area contributed by atoms with E-state index >= 15 is 0 Å². The van der Waals surface area contributed by atoms with Gasteiger partial charge in [-0.1, -0.05) is 24.6 Å². The first-order valence-corrected chi connectivity index (χ1v) is 9.78. The van der Waals surface area contributed by atoms with Gasteiger partial charge in [0.2, 0.25) is 0 Å². The molecule has 0 heterocycles. The molecule has 6 nitrogen and oxygen atoms in total. The molecular formula is C18H24O6S. The van der Waals surface area contributed by atoms with Gasteiger partial charge < -0.3 is 9.47 Å². The maximum absolute atomic E-state index is 12.7. The van der Waals surface area contributed by atoms with Gasteiger partial charge in [0.15, 0.2) is 15.3 Å². The lowest BCUT2D eigenvalue weighted by Gasteiger charge is -2.23. The van der Waals surface area contributed by atoms with Crippen molar-refractivity contribution in [3.8, 4) is 0 Å². The molecule has 1 aromatic rings. The molecule has 1 aliphatic carbocycles. The van der Waals surface area contributed by atoms with Gasteiger partial charge in [0.25, 0.3) is 0 Å². The molecule has 1 fully saturated rings. The fourth-order valence-corrected chi connectivity index (χ4v) is 5.36. The van der Waals surface area contributed by atoms with Crippen molar-refractivity contribution < 1.29 is 27.5 Å². The van der Waals surface area contributed by atoms with Crippen molar-refractivity contribution in [2.24, 2.45) is 17.3 Å². The Morgan fingerprint density at radius 2 is 1.60 bits per heavy atom. The van der Waals surface area contributed by atoms with Crippen molar-refractivity contribution in [1.82, 2.24) is 0 Å². The Morgan fingerprint density at radius 1 is 1.08 bits per heavy atom. The summed E-state index contributed by atoms with van der Waals surface area (Å²) in [6.45, 7) is 3.74. The summed E-state index contributed by atoms with van der Waals surface area (Å²) in [6, 6.07) is 6.66. The first-order chi connectivity index (χ1) is 11.7. The van der Waals surface area contributed by atoms with Crippen LogP contribution in [-0.2, 0) is 28.9 Å². The largest absolute Gasteiger partial charge is 0.468 e. The Labute approximate surface area is 148 Å². The second-order valence-electron chi connectivity index (χ2n) is 6.81. The van der Waals surface area contributed by atoms with Gasteiger partial charge in [-0.2, -0.15) is 0 Å². The van der Waals surface area contributed by atoms with Crippen LogP contribution < -0.4 is 0 Å². The van der Waals surface area contributed by atoms with Crippen molar-refractivity contribution in [3.05, 3.63) is 29.8 Å². The van der Waals surface area contributed by atoms with Gasteiger partial charge in [-0.25, -0.2) is 8.42 Å². The highest BCUT2D eigenvalue weighted by atomic mass is 32.2. The third-order valence-corrected chi connectivity index (χ3v) is 6.91. The van der Waals surface area contributed by atoms with E-state index in [1.54, 1.807) is 24.3 Å². The van der Waals surface area contributed by atoms with Gasteiger partial charge in [0, 0.05) is 0 Å². The van der Waals surface area contributed by atoms with Gasteiger partial charge in [-0.3, -0.25) is 9.59 Å². The Bertz CT molecular complexity index is 734. The molecule has 2 atom stereocenters. The van der Waals surface area contributed by atoms with Crippen LogP contribution in [-0.4, -0.2) is 40.3 Å². The van der Waals surface area contributed by atoms with E-state index in [0.29, 0.717) is 0 Å². The molecule has 1 saturated carbocycles. The van der Waals surface area contributed by atoms with Gasteiger partial charge in [0.1, 0.15) is 0 Å². The molecule has 138 valence electrons. The minimum absolute atomic E-state index is 0.110. The molecule has 7 heteroatoms. The maximum Gasteiger partial charge on any atom is 0.323 e. The fourth-order valence-electron chi connectivity index (χ4n) is 3.60. The smallest absolute Gasteiger partial charge is 0.323 e. The number of benzene rings is 1. The number of esters is 2. The van der Waals surface area contributed by atoms with Crippen LogP contribution in [0.5, 0.6) is 0 Å². The fraction of sp³-hybridized carbons (Fsp3) is 0.556. The van der Waals surface area contributed by atoms with E-state index in [0.717, 1.165) is 5.56 Å². The van der Waals surface area contributed by atoms with Crippen molar-refractivity contribution >= 4 is 21.8 Å². The van der Waals surface area contributed by atoms with Crippen LogP contribution in [0.25, 0.3) is 0 Å². The van der Waals surface area contributed by atoms with E-state index in [1.165, 1.54) is 14.2 Å². The zero-order valence-corrected chi connectivity index (χ0v) is 15.8. The molecular weight excluding hydrogens is 344 g/mol. The number of hydrogen-bond acceptors (Lipinski definition) is 6. The standard InChI is InChI=1S/C18H24O6S/c1-12-5-7-15(8-6-12)25(21,22)11-14-10-18(9-13(14)2,16(19)23-3)17(20)24-4/h5-8,13-14H,9-11H2,1-4H3. The molecule has 0 spiro atoms. The first-order valence-electron chi connectivity index (χ1n) is 8.12. The zero-order valence-electron chi connectivity index (χ0n) is 14.9. The number of carbonyl (C=O) groups is 2. The molecule has 25 heavy (non-hydrogen) atoms. The molecule has 0 aromatic heterocycles. The zero-order chi connectivity index (χ0) is 18.8. The summed E-state index contributed by atoms with van der Waals surface area (Å²) >= 11 is 0. The van der Waals surface area contributed by atoms with Crippen molar-refractivity contribution in [2.45, 2.75) is 31.6 Å². The van der Waals surface area contributed by atoms with Crippen molar-refractivity contribution in [1.29, 1.82) is 0 Å². The number of sulfone groups is 1. The molecule has 1 aromatic carbocycles. The Hall–Kier alpha value is -1.89. The summed E-state index contributed by atoms with van der Waals surface area (Å²) in [6.07, 6.45) is 0.332. The molecule has 0 amide bonds. The lowest BCUT2D eigenvalue weighted by molar-refractivity contribution is -0.169. The number of hydrogen-bond donors (Lipinski definition) is 0. The number of methoxy groups -OCH3 is 2. The predicted octanol–water partition coefficient (Wildman–Crippen LogP) is 2.15. The third kappa shape index (κ3) is 3.71. The van der Waals surface area contributed by atoms with Crippen molar-refractivity contribution in [2.75, 3.05) is 20.0 Å². The topological polar surface area (TPSA) is 86.7 Å². The lowest BCUT2D eigenvalue weighted by atomic mass is 9.85. The van der Waals surface area contributed by atoms with E-state index in [-0.39, 0.29) is 35.3 Å². The Kier molecular flexibility index (Phi) is 5.56. The summed E-state index contributed by atoms with van der Waals surface area (Å²) < 4.78 is 35.0. The summed E-state index contributed by atoms with van der Waals surface area (Å²) in [7, 11) is -1.08. The molecule has 0 radical (unpaired) electrons. The molecule has 0 bridgehead atoms. The van der Waals surface area contributed by atoms with Crippen LogP contribution in [0.15, 0.2) is 29.2 Å². The predicted molar refractivity (Wildman–Crippen MR) is 91.6 cm³/mol. The minimum atomic E-state index is -3.51. The van der Waals surface area contributed by atoms with E-state index in [9.17, 15) is 18.0 Å². The highest BCUT2D eigenvalue weighted by Crippen LogP contribution is 2.48. The molecule has 0 saturated heterocycles. The normalized spacial score (nSPS) is 22.4. The molecule has 2 rings (SSSR count). The number of carbonyl (C=O) groups excluding carboxylic acids is 2. The van der Waals surface area contributed by atoms with Crippen molar-refractivity contribution in [3.63, 3.8) is 0 Å². The van der Waals surface area contributed by atoms with E-state index in [2.05, 4.69) is 0 Å². The van der Waals surface area contributed by atoms with Gasteiger partial charge in [-0.05, 0) is 43.7 Å². The number of rotatable bonds is 5. The van der Waals surface area contributed by atoms with Gasteiger partial charge >= 0.3 is 11.9 Å². The van der Waals surface area contributed by atoms with Crippen LogP contribution in [0.4, 0.5) is 0 Å². The lowest BCUT2D eigenvalue weighted by Crippen LogP contribution is -2.39. The van der Waals surface area contributed by atoms with Crippen LogP contribution in [0.3, 0.4) is 0 Å². The van der Waals surface area contributed by atoms with Crippen LogP contribution in [0.1, 0.15) is 25.3 Å². The number of aryl methyl sites for hydroxylation is 1. The summed E-state index contributed by atoms with van der Waals surface area (Å²) in [5.74, 6) is -1.90. The summed E-state index contributed by atoms with van der Waals surface area (Å²) in [5, 5.41) is 0. The second-order valence-corrected chi connectivity index (χ2v) is 8.84. The minimum Gasteiger partial charge on any atom is -0.468 e. The van der Waals surface area contributed by atoms with Crippen LogP contribution in [0, 0.1) is 24.2 Å². The Morgan fingerprint density at radius 3 is 2.08 bits per heavy atom. The average Bonchev–Trinajstić information content (AvgIpc) is 2.90. The first kappa shape index (κ1) is 19.4. The van der Waals surface area contributed by atoms with E-state index < -0.39 is 27.2 Å². The third-order valence-electron chi connectivity index (χ3n) is 5.05.